The van der Waals surface area contributed by atoms with Crippen LogP contribution in [0.1, 0.15) is 24.1 Å². The van der Waals surface area contributed by atoms with Crippen LogP contribution in [0.5, 0.6) is 0 Å². The summed E-state index contributed by atoms with van der Waals surface area (Å²) in [5.41, 5.74) is 5.40. The van der Waals surface area contributed by atoms with E-state index in [0.29, 0.717) is 0 Å². The first-order chi connectivity index (χ1) is 11.3. The van der Waals surface area contributed by atoms with Gasteiger partial charge in [0, 0.05) is 23.1 Å². The van der Waals surface area contributed by atoms with Crippen molar-refractivity contribution in [3.8, 4) is 11.3 Å². The van der Waals surface area contributed by atoms with Crippen molar-refractivity contribution in [3.05, 3.63) is 84.4 Å². The van der Waals surface area contributed by atoms with Crippen LogP contribution in [0.2, 0.25) is 0 Å². The van der Waals surface area contributed by atoms with Gasteiger partial charge in [-0.3, -0.25) is 0 Å². The van der Waals surface area contributed by atoms with Gasteiger partial charge in [-0.25, -0.2) is 9.97 Å². The summed E-state index contributed by atoms with van der Waals surface area (Å²) in [6.45, 7) is 2.17. The summed E-state index contributed by atoms with van der Waals surface area (Å²) >= 11 is 0. The van der Waals surface area contributed by atoms with Crippen molar-refractivity contribution in [1.29, 1.82) is 0 Å². The highest BCUT2D eigenvalue weighted by Crippen LogP contribution is 2.33. The Kier molecular flexibility index (Phi) is 6.18. The summed E-state index contributed by atoms with van der Waals surface area (Å²) in [5, 5.41) is 1.16. The number of benzene rings is 2. The van der Waals surface area contributed by atoms with Gasteiger partial charge >= 0.3 is 0 Å². The van der Waals surface area contributed by atoms with E-state index < -0.39 is 0 Å². The van der Waals surface area contributed by atoms with E-state index in [1.165, 1.54) is 5.56 Å². The monoisotopic (exact) mass is 371 g/mol. The second-order valence-electron chi connectivity index (χ2n) is 5.70. The highest BCUT2D eigenvalue weighted by molar-refractivity contribution is 5.86. The Bertz CT molecular complexity index is 938. The number of hydrogen-bond donors (Lipinski definition) is 1. The van der Waals surface area contributed by atoms with Crippen LogP contribution in [0, 0.1) is 0 Å². The molecule has 0 fully saturated rings. The Hall–Kier alpha value is -2.36. The molecule has 0 aliphatic carbocycles. The highest BCUT2D eigenvalue weighted by atomic mass is 35.5. The van der Waals surface area contributed by atoms with Gasteiger partial charge in [0.2, 0.25) is 0 Å². The molecule has 0 aliphatic heterocycles. The predicted molar refractivity (Wildman–Crippen MR) is 108 cm³/mol. The molecule has 3 nitrogen and oxygen atoms in total. The topological polar surface area (TPSA) is 41.6 Å². The number of aromatic nitrogens is 3. The Morgan fingerprint density at radius 2 is 1.64 bits per heavy atom. The van der Waals surface area contributed by atoms with Gasteiger partial charge in [-0.1, -0.05) is 55.5 Å². The number of rotatable bonds is 3. The number of para-hydroxylation sites is 1. The molecule has 2 aromatic heterocycles. The Balaban J connectivity index is 0.00000113. The maximum absolute atomic E-state index is 4.94. The summed E-state index contributed by atoms with van der Waals surface area (Å²) in [6, 6.07) is 20.8. The molecule has 5 heteroatoms. The van der Waals surface area contributed by atoms with Crippen molar-refractivity contribution in [2.75, 3.05) is 0 Å². The smallest absolute Gasteiger partial charge is 0.0923 e. The number of aromatic amines is 1. The zero-order chi connectivity index (χ0) is 15.6. The molecular weight excluding hydrogens is 353 g/mol. The molecule has 0 amide bonds. The number of H-pyrrole nitrogens is 1. The fourth-order valence-corrected chi connectivity index (χ4v) is 2.96. The van der Waals surface area contributed by atoms with Crippen LogP contribution < -0.4 is 0 Å². The number of nitrogens with one attached hydrogen (secondary N) is 1. The van der Waals surface area contributed by atoms with Crippen molar-refractivity contribution in [3.63, 3.8) is 0 Å². The zero-order valence-corrected chi connectivity index (χ0v) is 15.3. The van der Waals surface area contributed by atoms with Gasteiger partial charge in [-0.15, -0.1) is 24.8 Å². The van der Waals surface area contributed by atoms with Gasteiger partial charge in [0.1, 0.15) is 0 Å². The van der Waals surface area contributed by atoms with E-state index in [0.717, 1.165) is 27.9 Å². The number of nitrogens with zero attached hydrogens (tertiary/aromatic N) is 2. The summed E-state index contributed by atoms with van der Waals surface area (Å²) in [5.74, 6) is 0.175. The Labute approximate surface area is 159 Å². The lowest BCUT2D eigenvalue weighted by Crippen LogP contribution is -2.02. The van der Waals surface area contributed by atoms with E-state index >= 15 is 0 Å². The second-order valence-corrected chi connectivity index (χ2v) is 5.70. The van der Waals surface area contributed by atoms with Gasteiger partial charge < -0.3 is 4.98 Å². The maximum atomic E-state index is 4.94. The van der Waals surface area contributed by atoms with Crippen molar-refractivity contribution in [2.24, 2.45) is 0 Å². The SMILES string of the molecule is CC(c1c[nH]cn1)c1cc2ccccc2nc1-c1ccccc1.Cl.Cl. The number of halogens is 2. The number of fused-ring (bicyclic) bond motifs is 1. The minimum absolute atomic E-state index is 0. The van der Waals surface area contributed by atoms with Crippen molar-refractivity contribution in [2.45, 2.75) is 12.8 Å². The maximum Gasteiger partial charge on any atom is 0.0923 e. The first kappa shape index (κ1) is 19.0. The van der Waals surface area contributed by atoms with Crippen LogP contribution in [-0.4, -0.2) is 15.0 Å². The number of pyridine rings is 1. The molecule has 0 radical (unpaired) electrons. The molecule has 2 aromatic carbocycles. The molecule has 0 saturated heterocycles. The lowest BCUT2D eigenvalue weighted by atomic mass is 9.92. The molecule has 1 N–H and O–H groups in total. The van der Waals surface area contributed by atoms with E-state index in [4.69, 9.17) is 4.98 Å². The third kappa shape index (κ3) is 3.68. The van der Waals surface area contributed by atoms with Crippen LogP contribution in [0.3, 0.4) is 0 Å². The summed E-state index contributed by atoms with van der Waals surface area (Å²) in [4.78, 5) is 12.4. The van der Waals surface area contributed by atoms with E-state index in [1.54, 1.807) is 6.33 Å². The van der Waals surface area contributed by atoms with Crippen LogP contribution in [0.25, 0.3) is 22.2 Å². The second kappa shape index (κ2) is 8.15. The van der Waals surface area contributed by atoms with Gasteiger partial charge in [0.15, 0.2) is 0 Å². The molecular formula is C20H19Cl2N3. The average molecular weight is 372 g/mol. The van der Waals surface area contributed by atoms with Crippen molar-refractivity contribution in [1.82, 2.24) is 15.0 Å². The molecule has 0 aliphatic rings. The minimum atomic E-state index is 0. The van der Waals surface area contributed by atoms with E-state index in [1.807, 2.05) is 18.3 Å². The first-order valence-corrected chi connectivity index (χ1v) is 7.77. The summed E-state index contributed by atoms with van der Waals surface area (Å²) in [6.07, 6.45) is 3.68. The molecule has 2 heterocycles. The molecule has 1 unspecified atom stereocenters. The van der Waals surface area contributed by atoms with Gasteiger partial charge in [0.05, 0.1) is 23.2 Å². The first-order valence-electron chi connectivity index (χ1n) is 7.77. The predicted octanol–water partition coefficient (Wildman–Crippen LogP) is 5.62. The van der Waals surface area contributed by atoms with Crippen LogP contribution >= 0.6 is 24.8 Å². The van der Waals surface area contributed by atoms with Crippen LogP contribution in [0.15, 0.2) is 73.2 Å². The highest BCUT2D eigenvalue weighted by Gasteiger charge is 2.17. The molecule has 1 atom stereocenters. The van der Waals surface area contributed by atoms with E-state index in [-0.39, 0.29) is 30.7 Å². The fraction of sp³-hybridized carbons (Fsp3) is 0.100. The third-order valence-electron chi connectivity index (χ3n) is 4.23. The quantitative estimate of drug-likeness (QED) is 0.507. The lowest BCUT2D eigenvalue weighted by molar-refractivity contribution is 0.881. The number of imidazole rings is 1. The normalized spacial score (nSPS) is 11.4. The standard InChI is InChI=1S/C20H17N3.2ClH/c1-14(19-12-21-13-22-19)17-11-16-9-5-6-10-18(16)23-20(17)15-7-3-2-4-8-15;;/h2-14H,1H3,(H,21,22);2*1H. The molecule has 0 saturated carbocycles. The van der Waals surface area contributed by atoms with Crippen LogP contribution in [0.4, 0.5) is 0 Å². The third-order valence-corrected chi connectivity index (χ3v) is 4.23. The van der Waals surface area contributed by atoms with E-state index in [9.17, 15) is 0 Å². The fourth-order valence-electron chi connectivity index (χ4n) is 2.96. The van der Waals surface area contributed by atoms with Gasteiger partial charge in [-0.2, -0.15) is 0 Å². The molecule has 0 bridgehead atoms. The summed E-state index contributed by atoms with van der Waals surface area (Å²) < 4.78 is 0. The van der Waals surface area contributed by atoms with Crippen LogP contribution in [-0.2, 0) is 0 Å². The molecule has 128 valence electrons. The largest absolute Gasteiger partial charge is 0.351 e. The molecule has 0 spiro atoms. The average Bonchev–Trinajstić information content (AvgIpc) is 3.15. The minimum Gasteiger partial charge on any atom is -0.351 e. The van der Waals surface area contributed by atoms with E-state index in [2.05, 4.69) is 65.4 Å². The lowest BCUT2D eigenvalue weighted by Gasteiger charge is -2.16. The van der Waals surface area contributed by atoms with Crippen molar-refractivity contribution < 1.29 is 0 Å². The van der Waals surface area contributed by atoms with Gasteiger partial charge in [0.25, 0.3) is 0 Å². The molecule has 25 heavy (non-hydrogen) atoms. The van der Waals surface area contributed by atoms with Gasteiger partial charge in [-0.05, 0) is 17.7 Å². The molecule has 4 rings (SSSR count). The Morgan fingerprint density at radius 3 is 2.36 bits per heavy atom. The zero-order valence-electron chi connectivity index (χ0n) is 13.7. The molecule has 4 aromatic rings. The number of hydrogen-bond acceptors (Lipinski definition) is 2. The Morgan fingerprint density at radius 1 is 0.920 bits per heavy atom. The summed E-state index contributed by atoms with van der Waals surface area (Å²) in [7, 11) is 0. The van der Waals surface area contributed by atoms with Crippen molar-refractivity contribution >= 4 is 35.7 Å².